The number of rotatable bonds is 4. The van der Waals surface area contributed by atoms with Crippen molar-refractivity contribution in [3.8, 4) is 0 Å². The van der Waals surface area contributed by atoms with Crippen molar-refractivity contribution in [3.63, 3.8) is 0 Å². The van der Waals surface area contributed by atoms with Gasteiger partial charge in [-0.05, 0) is 56.2 Å². The molecule has 0 aliphatic heterocycles. The third kappa shape index (κ3) is 3.83. The Labute approximate surface area is 132 Å². The van der Waals surface area contributed by atoms with Crippen molar-refractivity contribution in [3.05, 3.63) is 58.9 Å². The number of amides is 1. The van der Waals surface area contributed by atoms with E-state index >= 15 is 0 Å². The molecule has 23 heavy (non-hydrogen) atoms. The highest BCUT2D eigenvalue weighted by Crippen LogP contribution is 2.20. The molecule has 2 aromatic carbocycles. The van der Waals surface area contributed by atoms with Crippen molar-refractivity contribution >= 4 is 17.3 Å². The average Bonchev–Trinajstić information content (AvgIpc) is 2.51. The monoisotopic (exact) mass is 322 g/mol. The minimum atomic E-state index is -1.61. The molecule has 0 spiro atoms. The van der Waals surface area contributed by atoms with Gasteiger partial charge in [0, 0.05) is 5.69 Å². The first kappa shape index (κ1) is 16.9. The van der Waals surface area contributed by atoms with Gasteiger partial charge in [0.15, 0.2) is 17.5 Å². The van der Waals surface area contributed by atoms with Crippen molar-refractivity contribution in [2.75, 3.05) is 10.6 Å². The molecule has 0 aliphatic rings. The molecule has 0 aliphatic carbocycles. The zero-order valence-electron chi connectivity index (χ0n) is 13.0. The van der Waals surface area contributed by atoms with Gasteiger partial charge in [0.1, 0.15) is 6.04 Å². The van der Waals surface area contributed by atoms with E-state index in [0.29, 0.717) is 0 Å². The Balaban J connectivity index is 2.08. The van der Waals surface area contributed by atoms with Crippen LogP contribution in [0.3, 0.4) is 0 Å². The number of benzene rings is 2. The summed E-state index contributed by atoms with van der Waals surface area (Å²) in [6.45, 7) is 5.51. The lowest BCUT2D eigenvalue weighted by atomic mass is 10.1. The summed E-state index contributed by atoms with van der Waals surface area (Å²) >= 11 is 0. The van der Waals surface area contributed by atoms with Gasteiger partial charge in [0.05, 0.1) is 5.69 Å². The molecular weight excluding hydrogens is 305 g/mol. The summed E-state index contributed by atoms with van der Waals surface area (Å²) in [7, 11) is 0. The highest BCUT2D eigenvalue weighted by Gasteiger charge is 2.18. The summed E-state index contributed by atoms with van der Waals surface area (Å²) in [6, 6.07) is 6.67. The van der Waals surface area contributed by atoms with Gasteiger partial charge in [0.25, 0.3) is 0 Å². The standard InChI is InChI=1S/C17H17F3N2O/c1-9-4-5-12(8-10(9)2)21-11(3)17(23)22-14-7-6-13(18)15(19)16(14)20/h4-8,11,21H,1-3H3,(H,22,23)/t11-/m0/s1. The lowest BCUT2D eigenvalue weighted by Gasteiger charge is -2.16. The first-order valence-electron chi connectivity index (χ1n) is 7.07. The maximum Gasteiger partial charge on any atom is 0.246 e. The Kier molecular flexibility index (Phi) is 4.93. The molecule has 1 atom stereocenters. The predicted octanol–water partition coefficient (Wildman–Crippen LogP) is 4.16. The van der Waals surface area contributed by atoms with Crippen LogP contribution in [0, 0.1) is 31.3 Å². The molecule has 0 saturated carbocycles. The first-order chi connectivity index (χ1) is 10.8. The fourth-order valence-corrected chi connectivity index (χ4v) is 2.01. The van der Waals surface area contributed by atoms with E-state index in [-0.39, 0.29) is 0 Å². The van der Waals surface area contributed by atoms with Crippen LogP contribution in [-0.2, 0) is 4.79 Å². The highest BCUT2D eigenvalue weighted by molar-refractivity contribution is 5.96. The maximum absolute atomic E-state index is 13.6. The van der Waals surface area contributed by atoms with Crippen LogP contribution in [0.25, 0.3) is 0 Å². The summed E-state index contributed by atoms with van der Waals surface area (Å²) in [6.07, 6.45) is 0. The number of nitrogens with one attached hydrogen (secondary N) is 2. The average molecular weight is 322 g/mol. The van der Waals surface area contributed by atoms with E-state index in [2.05, 4.69) is 10.6 Å². The Morgan fingerprint density at radius 3 is 2.35 bits per heavy atom. The summed E-state index contributed by atoms with van der Waals surface area (Å²) in [5.41, 5.74) is 2.52. The van der Waals surface area contributed by atoms with Crippen LogP contribution in [0.1, 0.15) is 18.1 Å². The SMILES string of the molecule is Cc1ccc(N[C@@H](C)C(=O)Nc2ccc(F)c(F)c2F)cc1C. The van der Waals surface area contributed by atoms with Gasteiger partial charge in [0.2, 0.25) is 5.91 Å². The lowest BCUT2D eigenvalue weighted by Crippen LogP contribution is -2.32. The van der Waals surface area contributed by atoms with Crippen LogP contribution >= 0.6 is 0 Å². The zero-order chi connectivity index (χ0) is 17.1. The second-order valence-electron chi connectivity index (χ2n) is 5.38. The van der Waals surface area contributed by atoms with Crippen LogP contribution in [0.4, 0.5) is 24.5 Å². The molecule has 0 heterocycles. The van der Waals surface area contributed by atoms with Gasteiger partial charge in [-0.25, -0.2) is 13.2 Å². The Morgan fingerprint density at radius 2 is 1.70 bits per heavy atom. The van der Waals surface area contributed by atoms with Gasteiger partial charge in [-0.3, -0.25) is 4.79 Å². The number of carbonyl (C=O) groups is 1. The number of halogens is 3. The zero-order valence-corrected chi connectivity index (χ0v) is 13.0. The lowest BCUT2D eigenvalue weighted by molar-refractivity contribution is -0.116. The predicted molar refractivity (Wildman–Crippen MR) is 83.9 cm³/mol. The molecule has 3 nitrogen and oxygen atoms in total. The Hall–Kier alpha value is -2.50. The summed E-state index contributed by atoms with van der Waals surface area (Å²) in [5, 5.41) is 5.21. The van der Waals surface area contributed by atoms with E-state index in [0.717, 1.165) is 28.9 Å². The van der Waals surface area contributed by atoms with Crippen LogP contribution in [0.2, 0.25) is 0 Å². The van der Waals surface area contributed by atoms with Gasteiger partial charge >= 0.3 is 0 Å². The van der Waals surface area contributed by atoms with E-state index in [1.54, 1.807) is 6.92 Å². The van der Waals surface area contributed by atoms with Crippen molar-refractivity contribution in [1.82, 2.24) is 0 Å². The minimum absolute atomic E-state index is 0.400. The quantitative estimate of drug-likeness (QED) is 0.830. The third-order valence-electron chi connectivity index (χ3n) is 3.58. The molecule has 2 rings (SSSR count). The fourth-order valence-electron chi connectivity index (χ4n) is 2.01. The van der Waals surface area contributed by atoms with E-state index < -0.39 is 35.1 Å². The molecule has 0 saturated heterocycles. The van der Waals surface area contributed by atoms with Gasteiger partial charge in [-0.1, -0.05) is 6.07 Å². The van der Waals surface area contributed by atoms with Gasteiger partial charge < -0.3 is 10.6 Å². The van der Waals surface area contributed by atoms with Crippen molar-refractivity contribution < 1.29 is 18.0 Å². The normalized spacial score (nSPS) is 11.9. The van der Waals surface area contributed by atoms with Crippen LogP contribution in [0.5, 0.6) is 0 Å². The van der Waals surface area contributed by atoms with Gasteiger partial charge in [-0.2, -0.15) is 0 Å². The highest BCUT2D eigenvalue weighted by atomic mass is 19.2. The third-order valence-corrected chi connectivity index (χ3v) is 3.58. The topological polar surface area (TPSA) is 41.1 Å². The molecule has 0 fully saturated rings. The fraction of sp³-hybridized carbons (Fsp3) is 0.235. The van der Waals surface area contributed by atoms with Crippen LogP contribution in [-0.4, -0.2) is 11.9 Å². The minimum Gasteiger partial charge on any atom is -0.374 e. The van der Waals surface area contributed by atoms with E-state index in [1.807, 2.05) is 32.0 Å². The number of hydrogen-bond acceptors (Lipinski definition) is 2. The van der Waals surface area contributed by atoms with Crippen molar-refractivity contribution in [2.24, 2.45) is 0 Å². The van der Waals surface area contributed by atoms with Crippen molar-refractivity contribution in [1.29, 1.82) is 0 Å². The second kappa shape index (κ2) is 6.73. The molecule has 0 bridgehead atoms. The summed E-state index contributed by atoms with van der Waals surface area (Å²) in [4.78, 5) is 12.1. The number of hydrogen-bond donors (Lipinski definition) is 2. The molecule has 0 aromatic heterocycles. The molecule has 122 valence electrons. The Morgan fingerprint density at radius 1 is 1.00 bits per heavy atom. The van der Waals surface area contributed by atoms with Crippen LogP contribution in [0.15, 0.2) is 30.3 Å². The molecule has 2 aromatic rings. The summed E-state index contributed by atoms with van der Waals surface area (Å²) < 4.78 is 39.6. The largest absolute Gasteiger partial charge is 0.374 e. The first-order valence-corrected chi connectivity index (χ1v) is 7.07. The number of anilines is 2. The number of aryl methyl sites for hydroxylation is 2. The number of carbonyl (C=O) groups excluding carboxylic acids is 1. The maximum atomic E-state index is 13.6. The van der Waals surface area contributed by atoms with E-state index in [9.17, 15) is 18.0 Å². The van der Waals surface area contributed by atoms with Gasteiger partial charge in [-0.15, -0.1) is 0 Å². The summed E-state index contributed by atoms with van der Waals surface area (Å²) in [5.74, 6) is -4.90. The molecule has 0 unspecified atom stereocenters. The van der Waals surface area contributed by atoms with E-state index in [1.165, 1.54) is 0 Å². The second-order valence-corrected chi connectivity index (χ2v) is 5.38. The van der Waals surface area contributed by atoms with E-state index in [4.69, 9.17) is 0 Å². The Bertz CT molecular complexity index is 747. The molecule has 1 amide bonds. The van der Waals surface area contributed by atoms with Crippen LogP contribution < -0.4 is 10.6 Å². The molecule has 0 radical (unpaired) electrons. The molecular formula is C17H17F3N2O. The smallest absolute Gasteiger partial charge is 0.246 e. The van der Waals surface area contributed by atoms with Crippen molar-refractivity contribution in [2.45, 2.75) is 26.8 Å². The molecule has 2 N–H and O–H groups in total. The molecule has 6 heteroatoms.